The minimum Gasteiger partial charge on any atom is -0.479 e. The number of nitro groups is 1. The molecule has 0 spiro atoms. The van der Waals surface area contributed by atoms with Crippen LogP contribution in [0.15, 0.2) is 50.8 Å². The third kappa shape index (κ3) is 5.08. The van der Waals surface area contributed by atoms with Crippen LogP contribution in [0.5, 0.6) is 5.75 Å². The molecule has 0 saturated carbocycles. The van der Waals surface area contributed by atoms with Gasteiger partial charge in [0.1, 0.15) is 5.82 Å². The first kappa shape index (κ1) is 24.1. The van der Waals surface area contributed by atoms with Crippen molar-refractivity contribution in [1.82, 2.24) is 9.66 Å². The van der Waals surface area contributed by atoms with Gasteiger partial charge in [-0.15, -0.1) is 0 Å². The first-order chi connectivity index (χ1) is 15.4. The number of nitrogens with zero attached hydrogens (tertiary/aromatic N) is 4. The van der Waals surface area contributed by atoms with Crippen LogP contribution in [0.3, 0.4) is 0 Å². The van der Waals surface area contributed by atoms with E-state index in [4.69, 9.17) is 4.74 Å². The molecule has 0 saturated heterocycles. The largest absolute Gasteiger partial charge is 0.479 e. The second-order valence-corrected chi connectivity index (χ2v) is 9.17. The van der Waals surface area contributed by atoms with Crippen LogP contribution in [0.2, 0.25) is 0 Å². The van der Waals surface area contributed by atoms with Gasteiger partial charge in [-0.2, -0.15) is 9.78 Å². The molecule has 3 rings (SSSR count). The highest BCUT2D eigenvalue weighted by Crippen LogP contribution is 2.31. The highest BCUT2D eigenvalue weighted by Gasteiger charge is 2.25. The van der Waals surface area contributed by atoms with E-state index in [2.05, 4.69) is 26.0 Å². The smallest absolute Gasteiger partial charge is 0.344 e. The topological polar surface area (TPSA) is 137 Å². The second-order valence-electron chi connectivity index (χ2n) is 8.26. The molecule has 0 bridgehead atoms. The zero-order chi connectivity index (χ0) is 24.5. The lowest BCUT2D eigenvalue weighted by molar-refractivity contribution is -0.386. The Balaban J connectivity index is 2.23. The van der Waals surface area contributed by atoms with Crippen LogP contribution < -0.4 is 10.3 Å². The SMILES string of the molecule is C[C@H](Oc1c(C=Nn2c(C(C)(C)C)nc3ccc(Br)cc3c2=O)cccc1[N+](=O)[O-])C(=O)O. The second kappa shape index (κ2) is 9.10. The van der Waals surface area contributed by atoms with Crippen molar-refractivity contribution in [2.24, 2.45) is 5.10 Å². The number of ether oxygens (including phenoxy) is 1. The number of halogens is 1. The average molecular weight is 517 g/mol. The van der Waals surface area contributed by atoms with Crippen molar-refractivity contribution >= 4 is 44.7 Å². The average Bonchev–Trinajstić information content (AvgIpc) is 2.73. The summed E-state index contributed by atoms with van der Waals surface area (Å²) in [7, 11) is 0. The van der Waals surface area contributed by atoms with E-state index in [1.54, 1.807) is 18.2 Å². The molecule has 0 radical (unpaired) electrons. The lowest BCUT2D eigenvalue weighted by atomic mass is 9.95. The molecule has 1 N–H and O–H groups in total. The van der Waals surface area contributed by atoms with Gasteiger partial charge in [-0.3, -0.25) is 14.9 Å². The predicted octanol–water partition coefficient (Wildman–Crippen LogP) is 4.10. The Morgan fingerprint density at radius 1 is 1.33 bits per heavy atom. The van der Waals surface area contributed by atoms with Gasteiger partial charge in [0.2, 0.25) is 5.75 Å². The number of fused-ring (bicyclic) bond motifs is 1. The van der Waals surface area contributed by atoms with Crippen molar-refractivity contribution in [3.8, 4) is 5.75 Å². The van der Waals surface area contributed by atoms with Crippen LogP contribution in [0.1, 0.15) is 39.1 Å². The first-order valence-electron chi connectivity index (χ1n) is 9.84. The van der Waals surface area contributed by atoms with Crippen LogP contribution in [0.25, 0.3) is 10.9 Å². The number of carboxylic acids is 1. The van der Waals surface area contributed by atoms with Gasteiger partial charge in [0, 0.05) is 21.5 Å². The molecule has 3 aromatic rings. The number of rotatable bonds is 6. The molecule has 1 atom stereocenters. The number of para-hydroxylation sites is 1. The van der Waals surface area contributed by atoms with Crippen molar-refractivity contribution in [1.29, 1.82) is 0 Å². The van der Waals surface area contributed by atoms with E-state index in [0.717, 1.165) is 4.68 Å². The molecular formula is C22H21BrN4O6. The van der Waals surface area contributed by atoms with Crippen molar-refractivity contribution in [3.05, 3.63) is 72.7 Å². The Labute approximate surface area is 196 Å². The van der Waals surface area contributed by atoms with Gasteiger partial charge < -0.3 is 9.84 Å². The predicted molar refractivity (Wildman–Crippen MR) is 126 cm³/mol. The molecular weight excluding hydrogens is 496 g/mol. The summed E-state index contributed by atoms with van der Waals surface area (Å²) in [4.78, 5) is 39.9. The number of aliphatic carboxylic acids is 1. The van der Waals surface area contributed by atoms with Crippen LogP contribution in [0, 0.1) is 10.1 Å². The fourth-order valence-corrected chi connectivity index (χ4v) is 3.37. The van der Waals surface area contributed by atoms with E-state index in [1.807, 2.05) is 20.8 Å². The maximum absolute atomic E-state index is 13.3. The number of hydrogen-bond acceptors (Lipinski definition) is 7. The molecule has 10 nitrogen and oxygen atoms in total. The molecule has 1 heterocycles. The van der Waals surface area contributed by atoms with Crippen LogP contribution in [-0.2, 0) is 10.2 Å². The minimum absolute atomic E-state index is 0.137. The molecule has 11 heteroatoms. The molecule has 2 aromatic carbocycles. The van der Waals surface area contributed by atoms with E-state index in [1.165, 1.54) is 31.3 Å². The molecule has 1 aromatic heterocycles. The Morgan fingerprint density at radius 3 is 2.64 bits per heavy atom. The summed E-state index contributed by atoms with van der Waals surface area (Å²) in [6.45, 7) is 6.89. The van der Waals surface area contributed by atoms with E-state index < -0.39 is 33.7 Å². The van der Waals surface area contributed by atoms with Crippen LogP contribution >= 0.6 is 15.9 Å². The molecule has 0 unspecified atom stereocenters. The number of hydrogen-bond donors (Lipinski definition) is 1. The highest BCUT2D eigenvalue weighted by atomic mass is 79.9. The number of carbonyl (C=O) groups is 1. The third-order valence-corrected chi connectivity index (χ3v) is 5.15. The van der Waals surface area contributed by atoms with Gasteiger partial charge in [-0.25, -0.2) is 9.78 Å². The Bertz CT molecular complexity index is 1340. The summed E-state index contributed by atoms with van der Waals surface area (Å²) in [5.74, 6) is -1.17. The van der Waals surface area contributed by atoms with E-state index in [9.17, 15) is 24.8 Å². The van der Waals surface area contributed by atoms with Crippen LogP contribution in [-0.4, -0.2) is 38.0 Å². The summed E-state index contributed by atoms with van der Waals surface area (Å²) < 4.78 is 7.20. The summed E-state index contributed by atoms with van der Waals surface area (Å²) in [5, 5.41) is 25.3. The zero-order valence-corrected chi connectivity index (χ0v) is 19.9. The molecule has 0 fully saturated rings. The molecule has 172 valence electrons. The standard InChI is InChI=1S/C22H21BrN4O6/c1-12(20(29)30)33-18-13(6-5-7-17(18)27(31)32)11-24-26-19(28)15-10-14(23)8-9-16(15)25-21(26)22(2,3)4/h5-12H,1-4H3,(H,29,30)/t12-/m0/s1. The molecule has 33 heavy (non-hydrogen) atoms. The number of carboxylic acid groups (broad SMARTS) is 1. The maximum atomic E-state index is 13.3. The van der Waals surface area contributed by atoms with Gasteiger partial charge in [-0.05, 0) is 31.2 Å². The lowest BCUT2D eigenvalue weighted by Crippen LogP contribution is -2.29. The molecule has 0 aliphatic heterocycles. The fourth-order valence-electron chi connectivity index (χ4n) is 3.00. The van der Waals surface area contributed by atoms with E-state index >= 15 is 0 Å². The lowest BCUT2D eigenvalue weighted by Gasteiger charge is -2.21. The normalized spacial score (nSPS) is 12.8. The van der Waals surface area contributed by atoms with Crippen molar-refractivity contribution in [2.75, 3.05) is 0 Å². The molecule has 0 amide bonds. The zero-order valence-electron chi connectivity index (χ0n) is 18.3. The van der Waals surface area contributed by atoms with Gasteiger partial charge in [-0.1, -0.05) is 42.8 Å². The van der Waals surface area contributed by atoms with Crippen molar-refractivity contribution in [2.45, 2.75) is 39.2 Å². The summed E-state index contributed by atoms with van der Waals surface area (Å²) >= 11 is 3.35. The fraction of sp³-hybridized carbons (Fsp3) is 0.273. The van der Waals surface area contributed by atoms with E-state index in [-0.39, 0.29) is 11.3 Å². The Morgan fingerprint density at radius 2 is 2.03 bits per heavy atom. The van der Waals surface area contributed by atoms with Crippen molar-refractivity contribution < 1.29 is 19.6 Å². The van der Waals surface area contributed by atoms with Gasteiger partial charge in [0.25, 0.3) is 5.56 Å². The van der Waals surface area contributed by atoms with E-state index in [0.29, 0.717) is 21.2 Å². The minimum atomic E-state index is -1.34. The highest BCUT2D eigenvalue weighted by molar-refractivity contribution is 9.10. The maximum Gasteiger partial charge on any atom is 0.344 e. The van der Waals surface area contributed by atoms with Gasteiger partial charge in [0.15, 0.2) is 6.10 Å². The molecule has 0 aliphatic rings. The van der Waals surface area contributed by atoms with Crippen LogP contribution in [0.4, 0.5) is 5.69 Å². The Hall–Kier alpha value is -3.60. The summed E-state index contributed by atoms with van der Waals surface area (Å²) in [6.07, 6.45) is -0.121. The van der Waals surface area contributed by atoms with Gasteiger partial charge in [0.05, 0.1) is 22.0 Å². The number of nitro benzene ring substituents is 1. The quantitative estimate of drug-likeness (QED) is 0.295. The summed E-state index contributed by atoms with van der Waals surface area (Å²) in [6, 6.07) is 9.24. The van der Waals surface area contributed by atoms with Gasteiger partial charge >= 0.3 is 11.7 Å². The number of aromatic nitrogens is 2. The third-order valence-electron chi connectivity index (χ3n) is 4.66. The monoisotopic (exact) mass is 516 g/mol. The molecule has 0 aliphatic carbocycles. The summed E-state index contributed by atoms with van der Waals surface area (Å²) in [5.41, 5.74) is -0.754. The Kier molecular flexibility index (Phi) is 6.63. The van der Waals surface area contributed by atoms with Crippen molar-refractivity contribution in [3.63, 3.8) is 0 Å². The first-order valence-corrected chi connectivity index (χ1v) is 10.6. The number of benzene rings is 2.